The van der Waals surface area contributed by atoms with Gasteiger partial charge in [-0.15, -0.1) is 0 Å². The third-order valence-corrected chi connectivity index (χ3v) is 3.24. The summed E-state index contributed by atoms with van der Waals surface area (Å²) in [4.78, 5) is 35.8. The summed E-state index contributed by atoms with van der Waals surface area (Å²) in [5.41, 5.74) is -0.133. The van der Waals surface area contributed by atoms with Crippen LogP contribution in [-0.4, -0.2) is 44.8 Å². The molecule has 2 heterocycles. The standard InChI is InChI=1S/C12H15N3O4/c1-14-10(16)5-4-9(13-14)11(17)15-6-2-3-8(7-15)12(18)19/h4-5,8H,2-3,6-7H2,1H3,(H,18,19)/t8-/m1/s1. The Hall–Kier alpha value is -2.18. The summed E-state index contributed by atoms with van der Waals surface area (Å²) in [6, 6.07) is 2.65. The highest BCUT2D eigenvalue weighted by Crippen LogP contribution is 2.18. The number of carbonyl (C=O) groups is 2. The maximum atomic E-state index is 12.2. The number of carbonyl (C=O) groups excluding carboxylic acids is 1. The SMILES string of the molecule is Cn1nc(C(=O)N2CCC[C@@H](C(=O)O)C2)ccc1=O. The van der Waals surface area contributed by atoms with Crippen molar-refractivity contribution < 1.29 is 14.7 Å². The lowest BCUT2D eigenvalue weighted by atomic mass is 9.98. The van der Waals surface area contributed by atoms with Crippen molar-refractivity contribution >= 4 is 11.9 Å². The summed E-state index contributed by atoms with van der Waals surface area (Å²) in [5, 5.41) is 12.9. The molecular formula is C12H15N3O4. The molecular weight excluding hydrogens is 250 g/mol. The molecule has 1 aliphatic heterocycles. The normalized spacial score (nSPS) is 19.2. The van der Waals surface area contributed by atoms with Crippen LogP contribution in [0.25, 0.3) is 0 Å². The molecule has 2 rings (SSSR count). The topological polar surface area (TPSA) is 92.5 Å². The van der Waals surface area contributed by atoms with Gasteiger partial charge in [-0.1, -0.05) is 0 Å². The molecule has 0 spiro atoms. The summed E-state index contributed by atoms with van der Waals surface area (Å²) in [6.45, 7) is 0.714. The highest BCUT2D eigenvalue weighted by Gasteiger charge is 2.29. The molecule has 0 aliphatic carbocycles. The summed E-state index contributed by atoms with van der Waals surface area (Å²) >= 11 is 0. The summed E-state index contributed by atoms with van der Waals surface area (Å²) < 4.78 is 1.09. The molecule has 0 unspecified atom stereocenters. The maximum Gasteiger partial charge on any atom is 0.308 e. The van der Waals surface area contributed by atoms with E-state index in [0.717, 1.165) is 4.68 Å². The molecule has 1 saturated heterocycles. The first-order valence-corrected chi connectivity index (χ1v) is 6.05. The van der Waals surface area contributed by atoms with Gasteiger partial charge in [-0.2, -0.15) is 5.10 Å². The molecule has 1 aliphatic rings. The number of hydrogen-bond donors (Lipinski definition) is 1. The molecule has 1 fully saturated rings. The summed E-state index contributed by atoms with van der Waals surface area (Å²) in [6.07, 6.45) is 1.24. The minimum Gasteiger partial charge on any atom is -0.481 e. The first kappa shape index (κ1) is 13.3. The lowest BCUT2D eigenvalue weighted by Crippen LogP contribution is -2.43. The van der Waals surface area contributed by atoms with E-state index in [9.17, 15) is 14.4 Å². The van der Waals surface area contributed by atoms with Gasteiger partial charge in [-0.3, -0.25) is 14.4 Å². The molecule has 7 nitrogen and oxygen atoms in total. The molecule has 0 radical (unpaired) electrons. The van der Waals surface area contributed by atoms with Gasteiger partial charge in [0.15, 0.2) is 0 Å². The molecule has 1 aromatic rings. The third-order valence-electron chi connectivity index (χ3n) is 3.24. The lowest BCUT2D eigenvalue weighted by Gasteiger charge is -2.30. The monoisotopic (exact) mass is 265 g/mol. The Balaban J connectivity index is 2.16. The van der Waals surface area contributed by atoms with Crippen molar-refractivity contribution in [2.24, 2.45) is 13.0 Å². The second-order valence-corrected chi connectivity index (χ2v) is 4.61. The minimum atomic E-state index is -0.883. The van der Waals surface area contributed by atoms with E-state index in [2.05, 4.69) is 5.10 Å². The second kappa shape index (κ2) is 5.21. The Morgan fingerprint density at radius 3 is 2.79 bits per heavy atom. The highest BCUT2D eigenvalue weighted by molar-refractivity contribution is 5.92. The van der Waals surface area contributed by atoms with Crippen LogP contribution in [0.5, 0.6) is 0 Å². The average molecular weight is 265 g/mol. The molecule has 0 aromatic carbocycles. The Kier molecular flexibility index (Phi) is 3.64. The van der Waals surface area contributed by atoms with Crippen LogP contribution < -0.4 is 5.56 Å². The zero-order valence-corrected chi connectivity index (χ0v) is 10.6. The molecule has 0 saturated carbocycles. The largest absolute Gasteiger partial charge is 0.481 e. The first-order chi connectivity index (χ1) is 8.99. The Bertz CT molecular complexity index is 566. The van der Waals surface area contributed by atoms with Gasteiger partial charge in [-0.05, 0) is 18.9 Å². The number of amides is 1. The van der Waals surface area contributed by atoms with Crippen LogP contribution in [0, 0.1) is 5.92 Å². The molecule has 1 aromatic heterocycles. The second-order valence-electron chi connectivity index (χ2n) is 4.61. The number of aliphatic carboxylic acids is 1. The smallest absolute Gasteiger partial charge is 0.308 e. The first-order valence-electron chi connectivity index (χ1n) is 6.05. The van der Waals surface area contributed by atoms with Crippen LogP contribution in [0.3, 0.4) is 0 Å². The van der Waals surface area contributed by atoms with Crippen LogP contribution in [0.4, 0.5) is 0 Å². The Morgan fingerprint density at radius 2 is 2.16 bits per heavy atom. The fourth-order valence-electron chi connectivity index (χ4n) is 2.14. The predicted octanol–water partition coefficient (Wildman–Crippen LogP) is -0.283. The van der Waals surface area contributed by atoms with E-state index in [1.54, 1.807) is 0 Å². The van der Waals surface area contributed by atoms with Gasteiger partial charge in [0.1, 0.15) is 5.69 Å². The molecule has 7 heteroatoms. The van der Waals surface area contributed by atoms with Crippen LogP contribution >= 0.6 is 0 Å². The van der Waals surface area contributed by atoms with Gasteiger partial charge in [0, 0.05) is 26.2 Å². The number of piperidine rings is 1. The molecule has 19 heavy (non-hydrogen) atoms. The zero-order valence-electron chi connectivity index (χ0n) is 10.6. The number of nitrogens with zero attached hydrogens (tertiary/aromatic N) is 3. The summed E-state index contributed by atoms with van der Waals surface area (Å²) in [5.74, 6) is -1.74. The maximum absolute atomic E-state index is 12.2. The van der Waals surface area contributed by atoms with Gasteiger partial charge < -0.3 is 10.0 Å². The van der Waals surface area contributed by atoms with E-state index in [4.69, 9.17) is 5.11 Å². The number of likely N-dealkylation sites (tertiary alicyclic amines) is 1. The zero-order chi connectivity index (χ0) is 14.0. The van der Waals surface area contributed by atoms with Crippen molar-refractivity contribution in [3.05, 3.63) is 28.2 Å². The van der Waals surface area contributed by atoms with Crippen LogP contribution in [0.1, 0.15) is 23.3 Å². The highest BCUT2D eigenvalue weighted by atomic mass is 16.4. The number of carboxylic acids is 1. The Labute approximate surface area is 109 Å². The molecule has 102 valence electrons. The molecule has 1 N–H and O–H groups in total. The minimum absolute atomic E-state index is 0.160. The van der Waals surface area contributed by atoms with Gasteiger partial charge in [0.2, 0.25) is 0 Å². The number of aromatic nitrogens is 2. The van der Waals surface area contributed by atoms with Crippen molar-refractivity contribution in [1.29, 1.82) is 0 Å². The number of aryl methyl sites for hydroxylation is 1. The number of rotatable bonds is 2. The fraction of sp³-hybridized carbons (Fsp3) is 0.500. The third kappa shape index (κ3) is 2.81. The summed E-state index contributed by atoms with van der Waals surface area (Å²) in [7, 11) is 1.47. The van der Waals surface area contributed by atoms with Gasteiger partial charge in [-0.25, -0.2) is 4.68 Å². The average Bonchev–Trinajstić information content (AvgIpc) is 2.41. The van der Waals surface area contributed by atoms with E-state index in [1.807, 2.05) is 0 Å². The predicted molar refractivity (Wildman–Crippen MR) is 65.7 cm³/mol. The molecule has 0 bridgehead atoms. The van der Waals surface area contributed by atoms with Gasteiger partial charge >= 0.3 is 5.97 Å². The number of carboxylic acid groups (broad SMARTS) is 1. The van der Waals surface area contributed by atoms with E-state index < -0.39 is 11.9 Å². The van der Waals surface area contributed by atoms with E-state index >= 15 is 0 Å². The van der Waals surface area contributed by atoms with Crippen LogP contribution in [0.2, 0.25) is 0 Å². The van der Waals surface area contributed by atoms with Gasteiger partial charge in [0.25, 0.3) is 11.5 Å². The van der Waals surface area contributed by atoms with Crippen LogP contribution in [0.15, 0.2) is 16.9 Å². The van der Waals surface area contributed by atoms with E-state index in [-0.39, 0.29) is 23.7 Å². The lowest BCUT2D eigenvalue weighted by molar-refractivity contribution is -0.143. The molecule has 1 atom stereocenters. The van der Waals surface area contributed by atoms with Crippen molar-refractivity contribution in [2.75, 3.05) is 13.1 Å². The van der Waals surface area contributed by atoms with E-state index in [0.29, 0.717) is 19.4 Å². The van der Waals surface area contributed by atoms with Crippen molar-refractivity contribution in [2.45, 2.75) is 12.8 Å². The van der Waals surface area contributed by atoms with Crippen molar-refractivity contribution in [3.63, 3.8) is 0 Å². The van der Waals surface area contributed by atoms with Gasteiger partial charge in [0.05, 0.1) is 5.92 Å². The fourth-order valence-corrected chi connectivity index (χ4v) is 2.14. The quantitative estimate of drug-likeness (QED) is 0.793. The van der Waals surface area contributed by atoms with Crippen molar-refractivity contribution in [1.82, 2.24) is 14.7 Å². The van der Waals surface area contributed by atoms with Crippen molar-refractivity contribution in [3.8, 4) is 0 Å². The van der Waals surface area contributed by atoms with E-state index in [1.165, 1.54) is 24.1 Å². The Morgan fingerprint density at radius 1 is 1.42 bits per heavy atom. The number of hydrogen-bond acceptors (Lipinski definition) is 4. The molecule has 1 amide bonds. The van der Waals surface area contributed by atoms with Crippen LogP contribution in [-0.2, 0) is 11.8 Å².